The molecule has 4 N–H and O–H groups in total. The van der Waals surface area contributed by atoms with Crippen LogP contribution >= 0.6 is 0 Å². The zero-order valence-corrected chi connectivity index (χ0v) is 6.60. The van der Waals surface area contributed by atoms with E-state index in [0.29, 0.717) is 5.92 Å². The maximum Gasteiger partial charge on any atom is 0.328 e. The molecule has 0 saturated heterocycles. The summed E-state index contributed by atoms with van der Waals surface area (Å²) in [7, 11) is 0. The summed E-state index contributed by atoms with van der Waals surface area (Å²) in [5.41, 5.74) is 2.04. The molecule has 11 heavy (non-hydrogen) atoms. The second-order valence-electron chi connectivity index (χ2n) is 3.00. The van der Waals surface area contributed by atoms with Crippen molar-refractivity contribution in [2.75, 3.05) is 6.54 Å². The normalized spacial score (nSPS) is 18.3. The van der Waals surface area contributed by atoms with Crippen LogP contribution in [0.15, 0.2) is 0 Å². The van der Waals surface area contributed by atoms with E-state index in [4.69, 9.17) is 5.84 Å². The molecule has 0 aromatic rings. The zero-order valence-electron chi connectivity index (χ0n) is 6.60. The van der Waals surface area contributed by atoms with Crippen LogP contribution in [0, 0.1) is 5.92 Å². The van der Waals surface area contributed by atoms with E-state index in [-0.39, 0.29) is 6.03 Å². The van der Waals surface area contributed by atoms with E-state index in [9.17, 15) is 4.79 Å². The van der Waals surface area contributed by atoms with Gasteiger partial charge in [-0.25, -0.2) is 10.6 Å². The molecule has 0 heterocycles. The van der Waals surface area contributed by atoms with E-state index in [1.165, 1.54) is 25.7 Å². The molecule has 64 valence electrons. The quantitative estimate of drug-likeness (QED) is 0.307. The largest absolute Gasteiger partial charge is 0.337 e. The van der Waals surface area contributed by atoms with Gasteiger partial charge in [0, 0.05) is 6.54 Å². The van der Waals surface area contributed by atoms with E-state index < -0.39 is 0 Å². The van der Waals surface area contributed by atoms with Crippen molar-refractivity contribution in [3.63, 3.8) is 0 Å². The molecule has 4 nitrogen and oxygen atoms in total. The van der Waals surface area contributed by atoms with Gasteiger partial charge in [0.2, 0.25) is 0 Å². The summed E-state index contributed by atoms with van der Waals surface area (Å²) >= 11 is 0. The molecular weight excluding hydrogens is 142 g/mol. The van der Waals surface area contributed by atoms with Gasteiger partial charge in [0.25, 0.3) is 0 Å². The van der Waals surface area contributed by atoms with Gasteiger partial charge in [-0.05, 0) is 18.8 Å². The fourth-order valence-electron chi connectivity index (χ4n) is 1.50. The molecule has 0 unspecified atom stereocenters. The maximum absolute atomic E-state index is 10.6. The summed E-state index contributed by atoms with van der Waals surface area (Å²) in [4.78, 5) is 10.6. The third-order valence-electron chi connectivity index (χ3n) is 2.16. The lowest BCUT2D eigenvalue weighted by Crippen LogP contribution is -2.41. The number of nitrogens with two attached hydrogens (primary N) is 1. The van der Waals surface area contributed by atoms with Crippen LogP contribution in [0.2, 0.25) is 0 Å². The predicted molar refractivity (Wildman–Crippen MR) is 42.7 cm³/mol. The number of urea groups is 1. The number of hydrazine groups is 1. The highest BCUT2D eigenvalue weighted by molar-refractivity contribution is 5.72. The fourth-order valence-corrected chi connectivity index (χ4v) is 1.50. The predicted octanol–water partition coefficient (Wildman–Crippen LogP) is 0.349. The summed E-state index contributed by atoms with van der Waals surface area (Å²) in [5, 5.41) is 2.70. The molecule has 0 aromatic heterocycles. The third kappa shape index (κ3) is 2.76. The average Bonchev–Trinajstić information content (AvgIpc) is 2.52. The number of carbonyl (C=O) groups is 1. The van der Waals surface area contributed by atoms with Crippen LogP contribution in [-0.2, 0) is 0 Å². The van der Waals surface area contributed by atoms with Gasteiger partial charge < -0.3 is 5.32 Å². The molecule has 0 atom stereocenters. The van der Waals surface area contributed by atoms with Crippen LogP contribution < -0.4 is 16.6 Å². The Morgan fingerprint density at radius 2 is 2.09 bits per heavy atom. The second-order valence-corrected chi connectivity index (χ2v) is 3.00. The lowest BCUT2D eigenvalue weighted by Gasteiger charge is -2.09. The van der Waals surface area contributed by atoms with Crippen molar-refractivity contribution >= 4 is 6.03 Å². The van der Waals surface area contributed by atoms with Gasteiger partial charge >= 0.3 is 6.03 Å². The Morgan fingerprint density at radius 1 is 1.45 bits per heavy atom. The number of rotatable bonds is 2. The summed E-state index contributed by atoms with van der Waals surface area (Å²) < 4.78 is 0. The van der Waals surface area contributed by atoms with Gasteiger partial charge in [-0.3, -0.25) is 5.43 Å². The Bertz CT molecular complexity index is 132. The van der Waals surface area contributed by atoms with Crippen molar-refractivity contribution in [1.29, 1.82) is 0 Å². The minimum atomic E-state index is -0.281. The Morgan fingerprint density at radius 3 is 2.64 bits per heavy atom. The van der Waals surface area contributed by atoms with E-state index in [1.807, 2.05) is 5.43 Å². The molecule has 1 aliphatic carbocycles. The van der Waals surface area contributed by atoms with E-state index in [1.54, 1.807) is 0 Å². The molecule has 0 radical (unpaired) electrons. The van der Waals surface area contributed by atoms with Gasteiger partial charge in [0.15, 0.2) is 0 Å². The minimum absolute atomic E-state index is 0.281. The minimum Gasteiger partial charge on any atom is -0.337 e. The average molecular weight is 157 g/mol. The van der Waals surface area contributed by atoms with Gasteiger partial charge in [-0.2, -0.15) is 0 Å². The highest BCUT2D eigenvalue weighted by Crippen LogP contribution is 2.23. The summed E-state index contributed by atoms with van der Waals surface area (Å²) in [5.74, 6) is 5.57. The van der Waals surface area contributed by atoms with Crippen molar-refractivity contribution in [3.05, 3.63) is 0 Å². The summed E-state index contributed by atoms with van der Waals surface area (Å²) in [6, 6.07) is -0.281. The molecule has 0 aromatic carbocycles. The van der Waals surface area contributed by atoms with Gasteiger partial charge in [0.1, 0.15) is 0 Å². The highest BCUT2D eigenvalue weighted by Gasteiger charge is 2.14. The van der Waals surface area contributed by atoms with Gasteiger partial charge in [0.05, 0.1) is 0 Å². The number of amides is 2. The Hall–Kier alpha value is -0.770. The molecule has 0 aliphatic heterocycles. The first kappa shape index (κ1) is 8.33. The molecule has 4 heteroatoms. The smallest absolute Gasteiger partial charge is 0.328 e. The number of hydrogen-bond acceptors (Lipinski definition) is 2. The lowest BCUT2D eigenvalue weighted by molar-refractivity contribution is 0.239. The SMILES string of the molecule is NNC(=O)NCC1CCCC1. The molecular formula is C7H15N3O. The van der Waals surface area contributed by atoms with Crippen LogP contribution in [0.4, 0.5) is 4.79 Å². The third-order valence-corrected chi connectivity index (χ3v) is 2.16. The van der Waals surface area contributed by atoms with Crippen molar-refractivity contribution in [3.8, 4) is 0 Å². The highest BCUT2D eigenvalue weighted by atomic mass is 16.2. The standard InChI is InChI=1S/C7H15N3O/c8-10-7(11)9-5-6-3-1-2-4-6/h6H,1-5,8H2,(H2,9,10,11). The van der Waals surface area contributed by atoms with Gasteiger partial charge in [-0.1, -0.05) is 12.8 Å². The Labute approximate surface area is 66.5 Å². The molecule has 1 fully saturated rings. The molecule has 1 rings (SSSR count). The molecule has 1 saturated carbocycles. The van der Waals surface area contributed by atoms with Crippen LogP contribution in [0.3, 0.4) is 0 Å². The van der Waals surface area contributed by atoms with E-state index in [0.717, 1.165) is 6.54 Å². The second kappa shape index (κ2) is 4.18. The molecule has 2 amide bonds. The van der Waals surface area contributed by atoms with Crippen LogP contribution in [0.1, 0.15) is 25.7 Å². The van der Waals surface area contributed by atoms with Crippen molar-refractivity contribution in [2.45, 2.75) is 25.7 Å². The Kier molecular flexibility index (Phi) is 3.16. The fraction of sp³-hybridized carbons (Fsp3) is 0.857. The Balaban J connectivity index is 2.06. The molecule has 0 bridgehead atoms. The van der Waals surface area contributed by atoms with E-state index in [2.05, 4.69) is 5.32 Å². The molecule has 0 spiro atoms. The first-order valence-electron chi connectivity index (χ1n) is 4.07. The van der Waals surface area contributed by atoms with Crippen molar-refractivity contribution < 1.29 is 4.79 Å². The van der Waals surface area contributed by atoms with E-state index >= 15 is 0 Å². The number of carbonyl (C=O) groups excluding carboxylic acids is 1. The summed E-state index contributed by atoms with van der Waals surface area (Å²) in [6.45, 7) is 0.767. The van der Waals surface area contributed by atoms with Crippen LogP contribution in [0.25, 0.3) is 0 Å². The number of nitrogens with one attached hydrogen (secondary N) is 2. The monoisotopic (exact) mass is 157 g/mol. The summed E-state index contributed by atoms with van der Waals surface area (Å²) in [6.07, 6.45) is 5.09. The van der Waals surface area contributed by atoms with Gasteiger partial charge in [-0.15, -0.1) is 0 Å². The zero-order chi connectivity index (χ0) is 8.10. The van der Waals surface area contributed by atoms with Crippen LogP contribution in [-0.4, -0.2) is 12.6 Å². The number of hydrogen-bond donors (Lipinski definition) is 3. The topological polar surface area (TPSA) is 67.1 Å². The maximum atomic E-state index is 10.6. The van der Waals surface area contributed by atoms with Crippen LogP contribution in [0.5, 0.6) is 0 Å². The molecule has 1 aliphatic rings. The van der Waals surface area contributed by atoms with Crippen molar-refractivity contribution in [1.82, 2.24) is 10.7 Å². The lowest BCUT2D eigenvalue weighted by atomic mass is 10.1. The first-order valence-corrected chi connectivity index (χ1v) is 4.07. The van der Waals surface area contributed by atoms with Crippen molar-refractivity contribution in [2.24, 2.45) is 11.8 Å². The first-order chi connectivity index (χ1) is 5.33.